The molecule has 4 heteroatoms. The van der Waals surface area contributed by atoms with Crippen LogP contribution in [0.25, 0.3) is 0 Å². The fourth-order valence-corrected chi connectivity index (χ4v) is 3.34. The lowest BCUT2D eigenvalue weighted by atomic mass is 9.91. The van der Waals surface area contributed by atoms with Gasteiger partial charge in [-0.05, 0) is 50.4 Å². The molecule has 20 heavy (non-hydrogen) atoms. The quantitative estimate of drug-likeness (QED) is 0.871. The van der Waals surface area contributed by atoms with E-state index in [2.05, 4.69) is 4.90 Å². The molecule has 0 amide bonds. The van der Waals surface area contributed by atoms with E-state index in [9.17, 15) is 9.50 Å². The maximum Gasteiger partial charge on any atom is 0.123 e. The Balaban J connectivity index is 2.26. The van der Waals surface area contributed by atoms with Crippen LogP contribution in [0.3, 0.4) is 0 Å². The van der Waals surface area contributed by atoms with Gasteiger partial charge in [-0.25, -0.2) is 4.39 Å². The number of likely N-dealkylation sites (tertiary alicyclic amines) is 1. The van der Waals surface area contributed by atoms with Gasteiger partial charge in [0.25, 0.3) is 0 Å². The molecule has 0 bridgehead atoms. The highest BCUT2D eigenvalue weighted by Crippen LogP contribution is 2.32. The first-order valence-corrected chi connectivity index (χ1v) is 7.51. The molecular weight excluding hydrogens is 255 g/mol. The van der Waals surface area contributed by atoms with Crippen molar-refractivity contribution in [2.45, 2.75) is 50.7 Å². The number of halogens is 1. The minimum absolute atomic E-state index is 0.0162. The van der Waals surface area contributed by atoms with E-state index in [1.165, 1.54) is 12.5 Å². The normalized spacial score (nSPS) is 23.5. The summed E-state index contributed by atoms with van der Waals surface area (Å²) in [5, 5.41) is 9.25. The van der Waals surface area contributed by atoms with Crippen LogP contribution in [0.5, 0.6) is 0 Å². The van der Waals surface area contributed by atoms with Gasteiger partial charge in [0.2, 0.25) is 0 Å². The van der Waals surface area contributed by atoms with Crippen LogP contribution >= 0.6 is 0 Å². The largest absolute Gasteiger partial charge is 0.396 e. The molecule has 112 valence electrons. The van der Waals surface area contributed by atoms with Crippen molar-refractivity contribution in [3.8, 4) is 0 Å². The molecule has 1 aromatic rings. The van der Waals surface area contributed by atoms with Gasteiger partial charge in [0.1, 0.15) is 5.82 Å². The molecule has 3 atom stereocenters. The van der Waals surface area contributed by atoms with Crippen LogP contribution in [0.15, 0.2) is 24.3 Å². The maximum absolute atomic E-state index is 13.5. The van der Waals surface area contributed by atoms with Crippen LogP contribution in [-0.4, -0.2) is 35.2 Å². The second-order valence-corrected chi connectivity index (χ2v) is 5.76. The van der Waals surface area contributed by atoms with Crippen molar-refractivity contribution in [1.29, 1.82) is 0 Å². The standard InChI is InChI=1S/C16H25FN2O/c1-12(18)16(13-5-4-6-14(17)11-13)19-9-3-2-7-15(19)8-10-20/h4-6,11-12,15-16,20H,2-3,7-10,18H2,1H3. The average Bonchev–Trinajstić information content (AvgIpc) is 2.41. The third kappa shape index (κ3) is 3.57. The zero-order valence-corrected chi connectivity index (χ0v) is 12.1. The second kappa shape index (κ2) is 7.16. The van der Waals surface area contributed by atoms with Crippen molar-refractivity contribution in [3.05, 3.63) is 35.6 Å². The van der Waals surface area contributed by atoms with Gasteiger partial charge in [0.15, 0.2) is 0 Å². The first-order chi connectivity index (χ1) is 9.63. The molecule has 1 aliphatic heterocycles. The smallest absolute Gasteiger partial charge is 0.123 e. The van der Waals surface area contributed by atoms with Gasteiger partial charge in [-0.2, -0.15) is 0 Å². The zero-order chi connectivity index (χ0) is 14.5. The molecule has 3 N–H and O–H groups in total. The van der Waals surface area contributed by atoms with Crippen LogP contribution < -0.4 is 5.73 Å². The van der Waals surface area contributed by atoms with E-state index < -0.39 is 0 Å². The molecule has 0 saturated carbocycles. The molecule has 0 spiro atoms. The number of hydrogen-bond acceptors (Lipinski definition) is 3. The number of aliphatic hydroxyl groups excluding tert-OH is 1. The number of nitrogens with two attached hydrogens (primary N) is 1. The van der Waals surface area contributed by atoms with Crippen molar-refractivity contribution in [2.75, 3.05) is 13.2 Å². The molecule has 1 aromatic carbocycles. The minimum atomic E-state index is -0.219. The second-order valence-electron chi connectivity index (χ2n) is 5.76. The van der Waals surface area contributed by atoms with Crippen molar-refractivity contribution in [3.63, 3.8) is 0 Å². The highest BCUT2D eigenvalue weighted by molar-refractivity contribution is 5.22. The molecular formula is C16H25FN2O. The Kier molecular flexibility index (Phi) is 5.52. The SMILES string of the molecule is CC(N)C(c1cccc(F)c1)N1CCCCC1CCO. The topological polar surface area (TPSA) is 49.5 Å². The summed E-state index contributed by atoms with van der Waals surface area (Å²) in [7, 11) is 0. The monoisotopic (exact) mass is 280 g/mol. The van der Waals surface area contributed by atoms with E-state index in [-0.39, 0.29) is 24.5 Å². The van der Waals surface area contributed by atoms with E-state index in [0.29, 0.717) is 6.04 Å². The summed E-state index contributed by atoms with van der Waals surface area (Å²) >= 11 is 0. The molecule has 3 unspecified atom stereocenters. The van der Waals surface area contributed by atoms with Gasteiger partial charge in [-0.3, -0.25) is 4.90 Å². The molecule has 0 aliphatic carbocycles. The fraction of sp³-hybridized carbons (Fsp3) is 0.625. The van der Waals surface area contributed by atoms with E-state index in [1.807, 2.05) is 13.0 Å². The van der Waals surface area contributed by atoms with E-state index in [0.717, 1.165) is 31.4 Å². The lowest BCUT2D eigenvalue weighted by Crippen LogP contribution is -2.48. The maximum atomic E-state index is 13.5. The lowest BCUT2D eigenvalue weighted by molar-refractivity contribution is 0.0651. The molecule has 0 aromatic heterocycles. The Labute approximate surface area is 120 Å². The van der Waals surface area contributed by atoms with Gasteiger partial charge in [-0.15, -0.1) is 0 Å². The summed E-state index contributed by atoms with van der Waals surface area (Å²) in [6, 6.07) is 7.01. The van der Waals surface area contributed by atoms with Crippen molar-refractivity contribution in [1.82, 2.24) is 4.90 Å². The highest BCUT2D eigenvalue weighted by atomic mass is 19.1. The third-order valence-corrected chi connectivity index (χ3v) is 4.18. The molecule has 1 fully saturated rings. The van der Waals surface area contributed by atoms with E-state index in [1.54, 1.807) is 12.1 Å². The summed E-state index contributed by atoms with van der Waals surface area (Å²) in [6.45, 7) is 3.13. The average molecular weight is 280 g/mol. The summed E-state index contributed by atoms with van der Waals surface area (Å²) in [4.78, 5) is 2.36. The van der Waals surface area contributed by atoms with Crippen molar-refractivity contribution >= 4 is 0 Å². The molecule has 3 nitrogen and oxygen atoms in total. The van der Waals surface area contributed by atoms with Gasteiger partial charge in [0, 0.05) is 24.7 Å². The first kappa shape index (κ1) is 15.4. The summed E-state index contributed by atoms with van der Waals surface area (Å²) in [5.74, 6) is -0.219. The minimum Gasteiger partial charge on any atom is -0.396 e. The number of rotatable bonds is 5. The van der Waals surface area contributed by atoms with Crippen molar-refractivity contribution < 1.29 is 9.50 Å². The Morgan fingerprint density at radius 3 is 2.90 bits per heavy atom. The predicted molar refractivity (Wildman–Crippen MR) is 78.8 cm³/mol. The molecule has 1 heterocycles. The van der Waals surface area contributed by atoms with Crippen LogP contribution in [-0.2, 0) is 0 Å². The fourth-order valence-electron chi connectivity index (χ4n) is 3.34. The van der Waals surface area contributed by atoms with E-state index >= 15 is 0 Å². The van der Waals surface area contributed by atoms with Crippen LogP contribution in [0.2, 0.25) is 0 Å². The van der Waals surface area contributed by atoms with Gasteiger partial charge in [0.05, 0.1) is 0 Å². The Morgan fingerprint density at radius 1 is 1.45 bits per heavy atom. The molecule has 1 saturated heterocycles. The number of benzene rings is 1. The number of aliphatic hydroxyl groups is 1. The molecule has 0 radical (unpaired) electrons. The van der Waals surface area contributed by atoms with Crippen molar-refractivity contribution in [2.24, 2.45) is 5.73 Å². The Bertz CT molecular complexity index is 423. The number of piperidine rings is 1. The summed E-state index contributed by atoms with van der Waals surface area (Å²) in [6.07, 6.45) is 4.17. The van der Waals surface area contributed by atoms with Gasteiger partial charge in [-0.1, -0.05) is 18.6 Å². The molecule has 1 aliphatic rings. The Hall–Kier alpha value is -0.970. The van der Waals surface area contributed by atoms with Crippen LogP contribution in [0, 0.1) is 5.82 Å². The third-order valence-electron chi connectivity index (χ3n) is 4.18. The van der Waals surface area contributed by atoms with Crippen LogP contribution in [0.1, 0.15) is 44.2 Å². The summed E-state index contributed by atoms with van der Waals surface area (Å²) in [5.41, 5.74) is 7.12. The zero-order valence-electron chi connectivity index (χ0n) is 12.1. The van der Waals surface area contributed by atoms with Gasteiger partial charge >= 0.3 is 0 Å². The van der Waals surface area contributed by atoms with E-state index in [4.69, 9.17) is 5.73 Å². The first-order valence-electron chi connectivity index (χ1n) is 7.51. The van der Waals surface area contributed by atoms with Gasteiger partial charge < -0.3 is 10.8 Å². The summed E-state index contributed by atoms with van der Waals surface area (Å²) < 4.78 is 13.5. The Morgan fingerprint density at radius 2 is 2.25 bits per heavy atom. The number of hydrogen-bond donors (Lipinski definition) is 2. The lowest BCUT2D eigenvalue weighted by Gasteiger charge is -2.43. The predicted octanol–water partition coefficient (Wildman–Crippen LogP) is 2.45. The molecule has 2 rings (SSSR count). The van der Waals surface area contributed by atoms with Crippen LogP contribution in [0.4, 0.5) is 4.39 Å². The highest BCUT2D eigenvalue weighted by Gasteiger charge is 2.31. The number of nitrogens with zero attached hydrogens (tertiary/aromatic N) is 1.